The molecule has 174 valence electrons. The van der Waals surface area contributed by atoms with Gasteiger partial charge in [-0.1, -0.05) is 48.5 Å². The van der Waals surface area contributed by atoms with E-state index in [0.29, 0.717) is 5.69 Å². The first-order valence-corrected chi connectivity index (χ1v) is 11.1. The van der Waals surface area contributed by atoms with E-state index in [-0.39, 0.29) is 44.4 Å². The van der Waals surface area contributed by atoms with Gasteiger partial charge in [-0.15, -0.1) is 0 Å². The summed E-state index contributed by atoms with van der Waals surface area (Å²) in [4.78, 5) is 45.0. The third kappa shape index (κ3) is 4.00. The second kappa shape index (κ2) is 9.01. The van der Waals surface area contributed by atoms with E-state index in [1.54, 1.807) is 0 Å². The van der Waals surface area contributed by atoms with E-state index in [1.165, 1.54) is 11.2 Å². The van der Waals surface area contributed by atoms with Gasteiger partial charge in [-0.3, -0.25) is 4.79 Å². The minimum absolute atomic E-state index is 0.0303. The minimum atomic E-state index is -1.08. The Kier molecular flexibility index (Phi) is 5.75. The highest BCUT2D eigenvalue weighted by molar-refractivity contribution is 5.85. The number of fused-ring (bicyclic) bond motifs is 4. The molecular formula is C25H24N4O5. The largest absolute Gasteiger partial charge is 0.480 e. The third-order valence-corrected chi connectivity index (χ3v) is 6.46. The maximum absolute atomic E-state index is 12.7. The van der Waals surface area contributed by atoms with Gasteiger partial charge < -0.3 is 25.0 Å². The number of aliphatic carboxylic acids is 1. The van der Waals surface area contributed by atoms with Crippen LogP contribution in [0.1, 0.15) is 34.9 Å². The van der Waals surface area contributed by atoms with Crippen molar-refractivity contribution in [2.24, 2.45) is 0 Å². The van der Waals surface area contributed by atoms with Gasteiger partial charge in [-0.05, 0) is 22.3 Å². The summed E-state index contributed by atoms with van der Waals surface area (Å²) in [5.74, 6) is -1.48. The number of aromatic nitrogens is 2. The number of nitrogens with one attached hydrogen (secondary N) is 2. The molecule has 1 aromatic heterocycles. The zero-order valence-corrected chi connectivity index (χ0v) is 18.4. The lowest BCUT2D eigenvalue weighted by Gasteiger charge is -2.32. The van der Waals surface area contributed by atoms with Crippen molar-refractivity contribution in [1.82, 2.24) is 20.2 Å². The van der Waals surface area contributed by atoms with Gasteiger partial charge in [0.2, 0.25) is 5.91 Å². The first kappa shape index (κ1) is 21.7. The molecule has 2 heterocycles. The van der Waals surface area contributed by atoms with Crippen molar-refractivity contribution in [2.45, 2.75) is 31.3 Å². The first-order chi connectivity index (χ1) is 16.5. The lowest BCUT2D eigenvalue weighted by Crippen LogP contribution is -2.49. The summed E-state index contributed by atoms with van der Waals surface area (Å²) in [6.45, 7) is 0.383. The highest BCUT2D eigenvalue weighted by Crippen LogP contribution is 2.44. The molecule has 1 unspecified atom stereocenters. The lowest BCUT2D eigenvalue weighted by molar-refractivity contribution is -0.151. The number of carbonyl (C=O) groups excluding carboxylic acids is 2. The summed E-state index contributed by atoms with van der Waals surface area (Å²) in [7, 11) is 0. The molecule has 1 aliphatic heterocycles. The van der Waals surface area contributed by atoms with Crippen LogP contribution < -0.4 is 5.32 Å². The van der Waals surface area contributed by atoms with Crippen LogP contribution >= 0.6 is 0 Å². The molecule has 9 nitrogen and oxygen atoms in total. The number of rotatable bonds is 6. The van der Waals surface area contributed by atoms with Crippen molar-refractivity contribution in [3.8, 4) is 11.1 Å². The summed E-state index contributed by atoms with van der Waals surface area (Å²) in [6, 6.07) is 15.2. The van der Waals surface area contributed by atoms with Gasteiger partial charge in [0.15, 0.2) is 0 Å². The van der Waals surface area contributed by atoms with Crippen LogP contribution in [0.15, 0.2) is 54.9 Å². The van der Waals surface area contributed by atoms with E-state index < -0.39 is 18.1 Å². The highest BCUT2D eigenvalue weighted by Gasteiger charge is 2.35. The molecule has 0 radical (unpaired) electrons. The summed E-state index contributed by atoms with van der Waals surface area (Å²) >= 11 is 0. The number of nitrogens with zero attached hydrogens (tertiary/aromatic N) is 2. The molecule has 0 fully saturated rings. The number of benzene rings is 2. The molecule has 3 aromatic rings. The first-order valence-electron chi connectivity index (χ1n) is 11.1. The van der Waals surface area contributed by atoms with Gasteiger partial charge in [0.05, 0.1) is 24.3 Å². The number of hydrogen-bond donors (Lipinski definition) is 3. The SMILES string of the molecule is O=C(NCCC(=O)N1Cc2[nH]cnc2CC1C(=O)O)OCC1c2ccccc2-c2ccccc21. The number of hydrogen-bond acceptors (Lipinski definition) is 5. The molecule has 34 heavy (non-hydrogen) atoms. The predicted octanol–water partition coefficient (Wildman–Crippen LogP) is 2.68. The van der Waals surface area contributed by atoms with Gasteiger partial charge in [0.1, 0.15) is 12.6 Å². The molecule has 0 saturated heterocycles. The second-order valence-electron chi connectivity index (χ2n) is 8.41. The average Bonchev–Trinajstić information content (AvgIpc) is 3.44. The molecule has 1 aliphatic carbocycles. The van der Waals surface area contributed by atoms with E-state index in [4.69, 9.17) is 4.74 Å². The molecule has 0 saturated carbocycles. The number of imidazole rings is 1. The normalized spacial score (nSPS) is 16.4. The van der Waals surface area contributed by atoms with E-state index in [1.807, 2.05) is 36.4 Å². The van der Waals surface area contributed by atoms with Crippen LogP contribution in [0.2, 0.25) is 0 Å². The van der Waals surface area contributed by atoms with E-state index in [2.05, 4.69) is 27.4 Å². The smallest absolute Gasteiger partial charge is 0.407 e. The topological polar surface area (TPSA) is 125 Å². The number of aromatic amines is 1. The number of carboxylic acids is 1. The molecule has 5 rings (SSSR count). The van der Waals surface area contributed by atoms with E-state index in [9.17, 15) is 19.5 Å². The summed E-state index contributed by atoms with van der Waals surface area (Å²) < 4.78 is 5.48. The lowest BCUT2D eigenvalue weighted by atomic mass is 9.98. The predicted molar refractivity (Wildman–Crippen MR) is 122 cm³/mol. The summed E-state index contributed by atoms with van der Waals surface area (Å²) in [5.41, 5.74) is 5.92. The molecular weight excluding hydrogens is 436 g/mol. The summed E-state index contributed by atoms with van der Waals surface area (Å²) in [6.07, 6.45) is 1.01. The number of H-pyrrole nitrogens is 1. The highest BCUT2D eigenvalue weighted by atomic mass is 16.5. The maximum atomic E-state index is 12.7. The molecule has 2 amide bonds. The van der Waals surface area contributed by atoms with E-state index >= 15 is 0 Å². The third-order valence-electron chi connectivity index (χ3n) is 6.46. The van der Waals surface area contributed by atoms with Crippen LogP contribution in [0.3, 0.4) is 0 Å². The van der Waals surface area contributed by atoms with Crippen LogP contribution in [0.25, 0.3) is 11.1 Å². The maximum Gasteiger partial charge on any atom is 0.407 e. The molecule has 3 N–H and O–H groups in total. The fourth-order valence-electron chi connectivity index (χ4n) is 4.78. The van der Waals surface area contributed by atoms with Crippen molar-refractivity contribution >= 4 is 18.0 Å². The van der Waals surface area contributed by atoms with E-state index in [0.717, 1.165) is 27.9 Å². The number of carboxylic acid groups (broad SMARTS) is 1. The van der Waals surface area contributed by atoms with Crippen molar-refractivity contribution in [2.75, 3.05) is 13.2 Å². The summed E-state index contributed by atoms with van der Waals surface area (Å²) in [5, 5.41) is 12.1. The number of carbonyl (C=O) groups is 3. The fraction of sp³-hybridized carbons (Fsp3) is 0.280. The monoisotopic (exact) mass is 460 g/mol. The van der Waals surface area contributed by atoms with Crippen molar-refractivity contribution in [3.63, 3.8) is 0 Å². The Labute approximate surface area is 195 Å². The Bertz CT molecular complexity index is 1210. The van der Waals surface area contributed by atoms with Gasteiger partial charge >= 0.3 is 12.1 Å². The minimum Gasteiger partial charge on any atom is -0.480 e. The Morgan fingerprint density at radius 1 is 1.09 bits per heavy atom. The van der Waals surface area contributed by atoms with Crippen molar-refractivity contribution in [1.29, 1.82) is 0 Å². The van der Waals surface area contributed by atoms with Crippen LogP contribution in [0.5, 0.6) is 0 Å². The molecule has 9 heteroatoms. The Morgan fingerprint density at radius 2 is 1.76 bits per heavy atom. The molecule has 1 atom stereocenters. The fourth-order valence-corrected chi connectivity index (χ4v) is 4.78. The average molecular weight is 460 g/mol. The van der Waals surface area contributed by atoms with Crippen molar-refractivity contribution < 1.29 is 24.2 Å². The Balaban J connectivity index is 1.15. The number of alkyl carbamates (subject to hydrolysis) is 1. The van der Waals surface area contributed by atoms with Crippen LogP contribution in [-0.2, 0) is 27.3 Å². The van der Waals surface area contributed by atoms with Crippen LogP contribution in [0.4, 0.5) is 4.79 Å². The molecule has 0 spiro atoms. The molecule has 2 aliphatic rings. The number of amides is 2. The number of ether oxygens (including phenoxy) is 1. The molecule has 2 aromatic carbocycles. The van der Waals surface area contributed by atoms with Crippen LogP contribution in [0, 0.1) is 0 Å². The van der Waals surface area contributed by atoms with Gasteiger partial charge in [-0.2, -0.15) is 0 Å². The second-order valence-corrected chi connectivity index (χ2v) is 8.41. The van der Waals surface area contributed by atoms with Crippen molar-refractivity contribution in [3.05, 3.63) is 77.4 Å². The quantitative estimate of drug-likeness (QED) is 0.520. The van der Waals surface area contributed by atoms with Gasteiger partial charge in [-0.25, -0.2) is 14.6 Å². The van der Waals surface area contributed by atoms with Crippen LogP contribution in [-0.4, -0.2) is 57.1 Å². The molecule has 0 bridgehead atoms. The Hall–Kier alpha value is -4.14. The zero-order chi connectivity index (χ0) is 23.7. The van der Waals surface area contributed by atoms with Gasteiger partial charge in [0, 0.05) is 25.3 Å². The van der Waals surface area contributed by atoms with Gasteiger partial charge in [0.25, 0.3) is 0 Å². The standard InChI is InChI=1S/C25H24N4O5/c30-23(29-12-21-20(27-14-28-21)11-22(29)24(31)32)9-10-26-25(33)34-13-19-17-7-3-1-5-15(17)16-6-2-4-8-18(16)19/h1-8,14,19,22H,9-13H2,(H,26,33)(H,27,28)(H,31,32). The Morgan fingerprint density at radius 3 is 2.44 bits per heavy atom. The zero-order valence-electron chi connectivity index (χ0n) is 18.4.